The minimum Gasteiger partial charge on any atom is -0.768 e. The van der Waals surface area contributed by atoms with Crippen LogP contribution in [0.15, 0.2) is 53.4 Å². The lowest BCUT2D eigenvalue weighted by Gasteiger charge is -2.42. The van der Waals surface area contributed by atoms with Gasteiger partial charge in [-0.05, 0) is 72.6 Å². The molecule has 9 nitrogen and oxygen atoms in total. The molecule has 1 amide bonds. The van der Waals surface area contributed by atoms with Crippen molar-refractivity contribution in [2.45, 2.75) is 52.0 Å². The molecule has 1 saturated heterocycles. The molecular weight excluding hydrogens is 526 g/mol. The minimum absolute atomic E-state index is 0. The van der Waals surface area contributed by atoms with Gasteiger partial charge in [0.05, 0.1) is 11.7 Å². The zero-order valence-corrected chi connectivity index (χ0v) is 24.7. The van der Waals surface area contributed by atoms with Crippen LogP contribution in [-0.4, -0.2) is 73.3 Å². The lowest BCUT2D eigenvalue weighted by Crippen LogP contribution is -2.57. The third-order valence-electron chi connectivity index (χ3n) is 7.20. The number of nitrogen functional groups attached to an aromatic ring is 1. The Morgan fingerprint density at radius 2 is 1.82 bits per heavy atom. The first kappa shape index (κ1) is 29.6. The molecule has 10 heteroatoms. The van der Waals surface area contributed by atoms with Gasteiger partial charge in [0.15, 0.2) is 0 Å². The molecule has 1 fully saturated rings. The van der Waals surface area contributed by atoms with Crippen LogP contribution >= 0.6 is 0 Å². The van der Waals surface area contributed by atoms with Gasteiger partial charge in [-0.15, -0.1) is 0 Å². The molecule has 40 heavy (non-hydrogen) atoms. The Hall–Kier alpha value is -3.34. The second-order valence-electron chi connectivity index (χ2n) is 11.5. The first-order chi connectivity index (χ1) is 18.9. The maximum absolute atomic E-state index is 13.4. The Labute approximate surface area is 240 Å². The van der Waals surface area contributed by atoms with E-state index in [1.165, 1.54) is 12.1 Å². The van der Waals surface area contributed by atoms with Crippen LogP contribution in [-0.2, 0) is 11.1 Å². The molecule has 4 rings (SSSR count). The maximum Gasteiger partial charge on any atom is 0.253 e. The van der Waals surface area contributed by atoms with Crippen LogP contribution in [0.3, 0.4) is 0 Å². The molecule has 0 aliphatic carbocycles. The van der Waals surface area contributed by atoms with Crippen molar-refractivity contribution in [2.75, 3.05) is 38.5 Å². The van der Waals surface area contributed by atoms with Gasteiger partial charge in [-0.2, -0.15) is 4.98 Å². The summed E-state index contributed by atoms with van der Waals surface area (Å²) in [5.74, 6) is 0.321. The molecule has 0 saturated carbocycles. The van der Waals surface area contributed by atoms with E-state index in [1.54, 1.807) is 17.0 Å². The van der Waals surface area contributed by atoms with Crippen LogP contribution in [0.4, 0.5) is 5.95 Å². The van der Waals surface area contributed by atoms with Gasteiger partial charge in [-0.25, -0.2) is 4.98 Å². The Bertz CT molecular complexity index is 1380. The van der Waals surface area contributed by atoms with Gasteiger partial charge in [-0.1, -0.05) is 45.0 Å². The van der Waals surface area contributed by atoms with Gasteiger partial charge < -0.3 is 19.9 Å². The van der Waals surface area contributed by atoms with E-state index in [0.717, 1.165) is 29.7 Å². The predicted molar refractivity (Wildman–Crippen MR) is 158 cm³/mol. The zero-order chi connectivity index (χ0) is 29.0. The average Bonchev–Trinajstić information content (AvgIpc) is 2.90. The molecule has 2 aromatic carbocycles. The van der Waals surface area contributed by atoms with Gasteiger partial charge in [0, 0.05) is 43.1 Å². The van der Waals surface area contributed by atoms with Gasteiger partial charge in [0.2, 0.25) is 11.8 Å². The van der Waals surface area contributed by atoms with Crippen molar-refractivity contribution in [3.8, 4) is 17.1 Å². The van der Waals surface area contributed by atoms with E-state index in [0.29, 0.717) is 43.4 Å². The quantitative estimate of drug-likeness (QED) is 0.396. The SMILES string of the molecule is Cc1cccc(C)c1-c1cc(OCC2CN(C(=O)c3cccc(S(=O)[O-])c3)CCN2CCC(C)(C)C)nc(N)n1.[HH]. The zero-order valence-electron chi connectivity index (χ0n) is 23.8. The molecule has 2 N–H and O–H groups in total. The topological polar surface area (TPSA) is 125 Å². The van der Waals surface area contributed by atoms with E-state index >= 15 is 0 Å². The summed E-state index contributed by atoms with van der Waals surface area (Å²) in [6.07, 6.45) is 0.992. The number of aryl methyl sites for hydroxylation is 2. The largest absolute Gasteiger partial charge is 0.768 e. The Kier molecular flexibility index (Phi) is 9.22. The predicted octanol–water partition coefficient (Wildman–Crippen LogP) is 4.47. The number of anilines is 1. The van der Waals surface area contributed by atoms with E-state index in [1.807, 2.05) is 38.1 Å². The third kappa shape index (κ3) is 7.44. The number of ether oxygens (including phenoxy) is 1. The molecule has 1 aromatic heterocycles. The van der Waals surface area contributed by atoms with Crippen molar-refractivity contribution in [3.63, 3.8) is 0 Å². The Morgan fingerprint density at radius 1 is 1.12 bits per heavy atom. The highest BCUT2D eigenvalue weighted by molar-refractivity contribution is 7.79. The van der Waals surface area contributed by atoms with E-state index < -0.39 is 11.1 Å². The van der Waals surface area contributed by atoms with Crippen molar-refractivity contribution in [2.24, 2.45) is 5.41 Å². The van der Waals surface area contributed by atoms with Crippen LogP contribution in [0.2, 0.25) is 0 Å². The number of nitrogens with zero attached hydrogens (tertiary/aromatic N) is 4. The number of aromatic nitrogens is 2. The van der Waals surface area contributed by atoms with Crippen LogP contribution in [0.25, 0.3) is 11.3 Å². The van der Waals surface area contributed by atoms with Crippen molar-refractivity contribution in [3.05, 3.63) is 65.2 Å². The minimum atomic E-state index is -2.40. The smallest absolute Gasteiger partial charge is 0.253 e. The highest BCUT2D eigenvalue weighted by atomic mass is 32.2. The first-order valence-electron chi connectivity index (χ1n) is 13.5. The number of hydrogen-bond donors (Lipinski definition) is 1. The van der Waals surface area contributed by atoms with Crippen molar-refractivity contribution < 1.29 is 19.7 Å². The molecule has 0 bridgehead atoms. The molecule has 0 radical (unpaired) electrons. The van der Waals surface area contributed by atoms with E-state index in [9.17, 15) is 13.6 Å². The summed E-state index contributed by atoms with van der Waals surface area (Å²) in [4.78, 5) is 26.4. The number of rotatable bonds is 8. The van der Waals surface area contributed by atoms with E-state index in [2.05, 4.69) is 35.6 Å². The summed E-state index contributed by atoms with van der Waals surface area (Å²) in [5.41, 5.74) is 10.5. The number of amides is 1. The van der Waals surface area contributed by atoms with Crippen LogP contribution in [0.1, 0.15) is 50.1 Å². The summed E-state index contributed by atoms with van der Waals surface area (Å²) in [5, 5.41) is 0. The molecule has 2 unspecified atom stereocenters. The average molecular weight is 567 g/mol. The second-order valence-corrected chi connectivity index (χ2v) is 12.5. The molecule has 1 aliphatic rings. The Morgan fingerprint density at radius 3 is 2.50 bits per heavy atom. The fourth-order valence-corrected chi connectivity index (χ4v) is 5.38. The molecule has 1 aliphatic heterocycles. The summed E-state index contributed by atoms with van der Waals surface area (Å²) in [7, 11) is 0. The van der Waals surface area contributed by atoms with Gasteiger partial charge in [0.25, 0.3) is 5.91 Å². The fourth-order valence-electron chi connectivity index (χ4n) is 4.97. The lowest BCUT2D eigenvalue weighted by atomic mass is 9.91. The summed E-state index contributed by atoms with van der Waals surface area (Å²) >= 11 is -2.40. The van der Waals surface area contributed by atoms with Crippen LogP contribution in [0, 0.1) is 19.3 Å². The highest BCUT2D eigenvalue weighted by Crippen LogP contribution is 2.29. The molecule has 0 spiro atoms. The summed E-state index contributed by atoms with van der Waals surface area (Å²) in [6, 6.07) is 13.9. The lowest BCUT2D eigenvalue weighted by molar-refractivity contribution is 0.0315. The van der Waals surface area contributed by atoms with Gasteiger partial charge in [-0.3, -0.25) is 13.9 Å². The standard InChI is InChI=1S/C30H39N5O4S.H2/c1-20-8-6-9-21(2)27(20)25-17-26(33-29(31)32-25)39-19-23-18-35(15-14-34(23)13-12-30(3,4)5)28(36)22-10-7-11-24(16-22)40(37)38;/h6-11,16-17,23H,12-15,18-19H2,1-5H3,(H,37,38)(H2,31,32,33);1H/p-1. The number of piperazine rings is 1. The number of nitrogens with two attached hydrogens (primary N) is 1. The highest BCUT2D eigenvalue weighted by Gasteiger charge is 2.31. The second kappa shape index (κ2) is 12.4. The first-order valence-corrected chi connectivity index (χ1v) is 14.6. The maximum atomic E-state index is 13.4. The number of carbonyl (C=O) groups excluding carboxylic acids is 1. The number of benzene rings is 2. The number of carbonyl (C=O) groups is 1. The monoisotopic (exact) mass is 566 g/mol. The summed E-state index contributed by atoms with van der Waals surface area (Å²) < 4.78 is 29.1. The molecule has 2 heterocycles. The molecule has 2 atom stereocenters. The molecule has 216 valence electrons. The Balaban J connectivity index is 0.00000462. The van der Waals surface area contributed by atoms with Gasteiger partial charge >= 0.3 is 0 Å². The van der Waals surface area contributed by atoms with Crippen molar-refractivity contribution in [1.82, 2.24) is 19.8 Å². The summed E-state index contributed by atoms with van der Waals surface area (Å²) in [6.45, 7) is 13.5. The number of hydrogen-bond acceptors (Lipinski definition) is 8. The normalized spacial score (nSPS) is 17.1. The van der Waals surface area contributed by atoms with Crippen LogP contribution in [0.5, 0.6) is 5.88 Å². The van der Waals surface area contributed by atoms with Gasteiger partial charge in [0.1, 0.15) is 6.61 Å². The third-order valence-corrected chi connectivity index (χ3v) is 7.83. The molecule has 3 aromatic rings. The fraction of sp³-hybridized carbons (Fsp3) is 0.433. The van der Waals surface area contributed by atoms with Crippen molar-refractivity contribution >= 4 is 22.9 Å². The van der Waals surface area contributed by atoms with E-state index in [4.69, 9.17) is 10.5 Å². The van der Waals surface area contributed by atoms with E-state index in [-0.39, 0.29) is 29.6 Å². The van der Waals surface area contributed by atoms with Crippen LogP contribution < -0.4 is 10.5 Å². The van der Waals surface area contributed by atoms with Crippen molar-refractivity contribution in [1.29, 1.82) is 0 Å². The molecular formula is C30H40N5O4S-.